The quantitative estimate of drug-likeness (QED) is 0.937. The zero-order valence-electron chi connectivity index (χ0n) is 12.6. The van der Waals surface area contributed by atoms with Gasteiger partial charge in [0.25, 0.3) is 0 Å². The van der Waals surface area contributed by atoms with Crippen molar-refractivity contribution in [3.05, 3.63) is 47.1 Å². The summed E-state index contributed by atoms with van der Waals surface area (Å²) < 4.78 is 5.56. The molecule has 0 saturated heterocycles. The normalized spacial score (nSPS) is 17.8. The van der Waals surface area contributed by atoms with Crippen molar-refractivity contribution in [2.24, 2.45) is 5.73 Å². The number of aromatic nitrogens is 2. The Balaban J connectivity index is 1.79. The molecule has 21 heavy (non-hydrogen) atoms. The van der Waals surface area contributed by atoms with Crippen LogP contribution in [0, 0.1) is 6.92 Å². The molecule has 4 heteroatoms. The van der Waals surface area contributed by atoms with Crippen molar-refractivity contribution in [1.82, 2.24) is 10.1 Å². The van der Waals surface area contributed by atoms with E-state index in [1.807, 2.05) is 0 Å². The summed E-state index contributed by atoms with van der Waals surface area (Å²) in [5.74, 6) is 1.50. The van der Waals surface area contributed by atoms with Crippen LogP contribution in [0.1, 0.15) is 54.9 Å². The lowest BCUT2D eigenvalue weighted by Crippen LogP contribution is -2.37. The second-order valence-corrected chi connectivity index (χ2v) is 6.23. The number of benzene rings is 1. The lowest BCUT2D eigenvalue weighted by Gasteiger charge is -2.32. The molecule has 0 atom stereocenters. The van der Waals surface area contributed by atoms with E-state index in [1.54, 1.807) is 0 Å². The van der Waals surface area contributed by atoms with Gasteiger partial charge in [0, 0.05) is 13.0 Å². The molecule has 2 N–H and O–H groups in total. The highest BCUT2D eigenvalue weighted by molar-refractivity contribution is 5.24. The molecule has 3 rings (SSSR count). The Morgan fingerprint density at radius 2 is 2.05 bits per heavy atom. The molecule has 0 aliphatic heterocycles. The van der Waals surface area contributed by atoms with Crippen molar-refractivity contribution in [1.29, 1.82) is 0 Å². The molecule has 1 aromatic heterocycles. The van der Waals surface area contributed by atoms with Crippen LogP contribution in [-0.2, 0) is 11.8 Å². The number of nitrogens with zero attached hydrogens (tertiary/aromatic N) is 2. The van der Waals surface area contributed by atoms with Crippen molar-refractivity contribution in [3.8, 4) is 0 Å². The summed E-state index contributed by atoms with van der Waals surface area (Å²) in [4.78, 5) is 4.64. The van der Waals surface area contributed by atoms with E-state index in [4.69, 9.17) is 10.3 Å². The third kappa shape index (κ3) is 3.00. The van der Waals surface area contributed by atoms with E-state index in [-0.39, 0.29) is 5.41 Å². The first kappa shape index (κ1) is 14.3. The Kier molecular flexibility index (Phi) is 4.06. The van der Waals surface area contributed by atoms with Gasteiger partial charge in [-0.25, -0.2) is 0 Å². The molecule has 0 radical (unpaired) electrons. The molecule has 1 aromatic carbocycles. The first-order chi connectivity index (χ1) is 10.2. The van der Waals surface area contributed by atoms with E-state index in [9.17, 15) is 0 Å². The van der Waals surface area contributed by atoms with Crippen LogP contribution in [-0.4, -0.2) is 16.7 Å². The lowest BCUT2D eigenvalue weighted by molar-refractivity contribution is 0.219. The summed E-state index contributed by atoms with van der Waals surface area (Å²) in [5.41, 5.74) is 8.40. The van der Waals surface area contributed by atoms with Crippen LogP contribution in [0.3, 0.4) is 0 Å². The van der Waals surface area contributed by atoms with Gasteiger partial charge in [-0.1, -0.05) is 54.2 Å². The number of rotatable bonds is 4. The van der Waals surface area contributed by atoms with E-state index >= 15 is 0 Å². The van der Waals surface area contributed by atoms with Gasteiger partial charge in [-0.2, -0.15) is 4.98 Å². The zero-order valence-corrected chi connectivity index (χ0v) is 12.6. The van der Waals surface area contributed by atoms with Crippen LogP contribution in [0.25, 0.3) is 0 Å². The molecule has 1 heterocycles. The molecule has 0 unspecified atom stereocenters. The van der Waals surface area contributed by atoms with E-state index in [0.717, 1.165) is 24.6 Å². The molecular weight excluding hydrogens is 262 g/mol. The first-order valence-corrected chi connectivity index (χ1v) is 7.80. The van der Waals surface area contributed by atoms with Gasteiger partial charge < -0.3 is 10.3 Å². The number of hydrogen-bond acceptors (Lipinski definition) is 4. The van der Waals surface area contributed by atoms with E-state index in [0.29, 0.717) is 13.0 Å². The van der Waals surface area contributed by atoms with Crippen molar-refractivity contribution in [2.45, 2.75) is 50.9 Å². The van der Waals surface area contributed by atoms with Gasteiger partial charge in [0.05, 0.1) is 5.41 Å². The average molecular weight is 285 g/mol. The molecular formula is C17H23N3O. The van der Waals surface area contributed by atoms with Gasteiger partial charge in [-0.15, -0.1) is 0 Å². The van der Waals surface area contributed by atoms with Crippen LogP contribution in [0.5, 0.6) is 0 Å². The summed E-state index contributed by atoms with van der Waals surface area (Å²) in [6.07, 6.45) is 6.53. The van der Waals surface area contributed by atoms with Crippen LogP contribution >= 0.6 is 0 Å². The summed E-state index contributed by atoms with van der Waals surface area (Å²) in [6, 6.07) is 8.42. The number of hydrogen-bond donors (Lipinski definition) is 1. The smallest absolute Gasteiger partial charge is 0.234 e. The number of nitrogens with two attached hydrogens (primary N) is 1. The van der Waals surface area contributed by atoms with Crippen LogP contribution < -0.4 is 5.73 Å². The molecule has 112 valence electrons. The second-order valence-electron chi connectivity index (χ2n) is 6.23. The minimum atomic E-state index is -0.0872. The Labute approximate surface area is 125 Å². The highest BCUT2D eigenvalue weighted by Crippen LogP contribution is 2.37. The minimum Gasteiger partial charge on any atom is -0.339 e. The van der Waals surface area contributed by atoms with E-state index in [1.165, 1.54) is 30.4 Å². The van der Waals surface area contributed by atoms with Crippen molar-refractivity contribution < 1.29 is 4.52 Å². The Morgan fingerprint density at radius 3 is 2.76 bits per heavy atom. The molecule has 2 aromatic rings. The van der Waals surface area contributed by atoms with Gasteiger partial charge in [0.1, 0.15) is 0 Å². The fourth-order valence-electron chi connectivity index (χ4n) is 3.28. The SMILES string of the molecule is Cc1cccc(Cc2noc(C3(CN)CCCCC3)n2)c1. The highest BCUT2D eigenvalue weighted by atomic mass is 16.5. The number of aryl methyl sites for hydroxylation is 1. The van der Waals surface area contributed by atoms with Gasteiger partial charge in [-0.3, -0.25) is 0 Å². The summed E-state index contributed by atoms with van der Waals surface area (Å²) in [6.45, 7) is 2.69. The third-order valence-corrected chi connectivity index (χ3v) is 4.57. The molecule has 1 aliphatic rings. The summed E-state index contributed by atoms with van der Waals surface area (Å²) >= 11 is 0. The van der Waals surface area contributed by atoms with Crippen molar-refractivity contribution in [2.75, 3.05) is 6.54 Å². The molecule has 1 aliphatic carbocycles. The topological polar surface area (TPSA) is 64.9 Å². The first-order valence-electron chi connectivity index (χ1n) is 7.80. The largest absolute Gasteiger partial charge is 0.339 e. The van der Waals surface area contributed by atoms with Gasteiger partial charge in [0.2, 0.25) is 5.89 Å². The maximum absolute atomic E-state index is 6.02. The second kappa shape index (κ2) is 5.98. The summed E-state index contributed by atoms with van der Waals surface area (Å²) in [5, 5.41) is 4.17. The molecule has 1 fully saturated rings. The van der Waals surface area contributed by atoms with Gasteiger partial charge in [0.15, 0.2) is 5.82 Å². The van der Waals surface area contributed by atoms with Gasteiger partial charge >= 0.3 is 0 Å². The third-order valence-electron chi connectivity index (χ3n) is 4.57. The molecule has 4 nitrogen and oxygen atoms in total. The Hall–Kier alpha value is -1.68. The monoisotopic (exact) mass is 285 g/mol. The minimum absolute atomic E-state index is 0.0872. The fraction of sp³-hybridized carbons (Fsp3) is 0.529. The molecule has 0 amide bonds. The van der Waals surface area contributed by atoms with E-state index in [2.05, 4.69) is 41.3 Å². The average Bonchev–Trinajstić information content (AvgIpc) is 2.97. The highest BCUT2D eigenvalue weighted by Gasteiger charge is 2.37. The molecule has 0 bridgehead atoms. The Morgan fingerprint density at radius 1 is 1.24 bits per heavy atom. The zero-order chi connectivity index (χ0) is 14.7. The fourth-order valence-corrected chi connectivity index (χ4v) is 3.28. The lowest BCUT2D eigenvalue weighted by atomic mass is 9.74. The van der Waals surface area contributed by atoms with Crippen molar-refractivity contribution >= 4 is 0 Å². The predicted octanol–water partition coefficient (Wildman–Crippen LogP) is 3.13. The maximum atomic E-state index is 6.02. The van der Waals surface area contributed by atoms with Crippen molar-refractivity contribution in [3.63, 3.8) is 0 Å². The van der Waals surface area contributed by atoms with Crippen LogP contribution in [0.15, 0.2) is 28.8 Å². The summed E-state index contributed by atoms with van der Waals surface area (Å²) in [7, 11) is 0. The van der Waals surface area contributed by atoms with E-state index < -0.39 is 0 Å². The predicted molar refractivity (Wildman–Crippen MR) is 82.1 cm³/mol. The Bertz CT molecular complexity index is 600. The van der Waals surface area contributed by atoms with Crippen LogP contribution in [0.2, 0.25) is 0 Å². The van der Waals surface area contributed by atoms with Gasteiger partial charge in [-0.05, 0) is 25.3 Å². The maximum Gasteiger partial charge on any atom is 0.234 e. The molecule has 1 saturated carbocycles. The molecule has 0 spiro atoms. The van der Waals surface area contributed by atoms with Crippen LogP contribution in [0.4, 0.5) is 0 Å². The standard InChI is InChI=1S/C17H23N3O/c1-13-6-5-7-14(10-13)11-15-19-16(21-20-15)17(12-18)8-3-2-4-9-17/h5-7,10H,2-4,8-9,11-12,18H2,1H3.